The number of hydrogen-bond acceptors (Lipinski definition) is 7. The summed E-state index contributed by atoms with van der Waals surface area (Å²) in [6, 6.07) is 19.9. The highest BCUT2D eigenvalue weighted by Crippen LogP contribution is 2.30. The molecule has 0 saturated heterocycles. The van der Waals surface area contributed by atoms with Crippen LogP contribution < -0.4 is 14.8 Å². The molecule has 37 heavy (non-hydrogen) atoms. The van der Waals surface area contributed by atoms with Crippen LogP contribution >= 0.6 is 22.7 Å². The van der Waals surface area contributed by atoms with E-state index in [4.69, 9.17) is 9.84 Å². The highest BCUT2D eigenvalue weighted by Gasteiger charge is 2.16. The molecule has 0 amide bonds. The zero-order valence-corrected chi connectivity index (χ0v) is 21.9. The number of rotatable bonds is 7. The van der Waals surface area contributed by atoms with Crippen LogP contribution in [0.2, 0.25) is 0 Å². The summed E-state index contributed by atoms with van der Waals surface area (Å²) in [4.78, 5) is 19.4. The van der Waals surface area contributed by atoms with E-state index < -0.39 is 0 Å². The van der Waals surface area contributed by atoms with Gasteiger partial charge >= 0.3 is 0 Å². The van der Waals surface area contributed by atoms with Gasteiger partial charge in [-0.3, -0.25) is 4.79 Å². The van der Waals surface area contributed by atoms with E-state index in [2.05, 4.69) is 17.0 Å². The summed E-state index contributed by atoms with van der Waals surface area (Å²) in [5.74, 6) is 1.41. The molecule has 4 aromatic heterocycles. The molecule has 6 rings (SSSR count). The molecule has 0 spiro atoms. The Hall–Kier alpha value is -4.08. The van der Waals surface area contributed by atoms with Crippen LogP contribution in [-0.4, -0.2) is 31.0 Å². The van der Waals surface area contributed by atoms with E-state index in [-0.39, 0.29) is 5.56 Å². The lowest BCUT2D eigenvalue weighted by Crippen LogP contribution is -2.23. The molecule has 0 atom stereocenters. The third kappa shape index (κ3) is 4.47. The highest BCUT2D eigenvalue weighted by atomic mass is 32.1. The molecular weight excluding hydrogens is 502 g/mol. The number of thiazole rings is 1. The maximum atomic E-state index is 13.3. The fourth-order valence-electron chi connectivity index (χ4n) is 4.11. The number of fused-ring (bicyclic) bond motifs is 1. The molecule has 6 aromatic rings. The Balaban J connectivity index is 1.48. The van der Waals surface area contributed by atoms with Crippen molar-refractivity contribution in [3.63, 3.8) is 0 Å². The van der Waals surface area contributed by atoms with E-state index in [0.29, 0.717) is 21.9 Å². The number of aromatic nitrogens is 5. The second kappa shape index (κ2) is 9.76. The Morgan fingerprint density at radius 1 is 1.05 bits per heavy atom. The Bertz CT molecular complexity index is 1800. The average Bonchev–Trinajstić information content (AvgIpc) is 3.70. The second-order valence-electron chi connectivity index (χ2n) is 8.56. The van der Waals surface area contributed by atoms with Crippen LogP contribution in [0.1, 0.15) is 24.5 Å². The van der Waals surface area contributed by atoms with Crippen LogP contribution in [0.3, 0.4) is 0 Å². The summed E-state index contributed by atoms with van der Waals surface area (Å²) in [5.41, 5.74) is 4.42. The van der Waals surface area contributed by atoms with Gasteiger partial charge in [0, 0.05) is 17.3 Å². The Labute approximate surface area is 220 Å². The molecule has 9 heteroatoms. The van der Waals surface area contributed by atoms with Crippen molar-refractivity contribution in [2.45, 2.75) is 20.3 Å². The van der Waals surface area contributed by atoms with Crippen molar-refractivity contribution in [2.24, 2.45) is 0 Å². The molecule has 184 valence electrons. The molecule has 0 aliphatic carbocycles. The van der Waals surface area contributed by atoms with Gasteiger partial charge in [-0.25, -0.2) is 4.68 Å². The van der Waals surface area contributed by atoms with Gasteiger partial charge in [0.05, 0.1) is 21.7 Å². The van der Waals surface area contributed by atoms with E-state index >= 15 is 0 Å². The molecule has 0 bridgehead atoms. The van der Waals surface area contributed by atoms with Crippen LogP contribution in [0.4, 0.5) is 0 Å². The van der Waals surface area contributed by atoms with Gasteiger partial charge in [0.25, 0.3) is 5.56 Å². The quantitative estimate of drug-likeness (QED) is 0.280. The second-order valence-corrected chi connectivity index (χ2v) is 10.5. The lowest BCUT2D eigenvalue weighted by atomic mass is 10.0. The topological polar surface area (TPSA) is 74.3 Å². The smallest absolute Gasteiger partial charge is 0.291 e. The normalized spacial score (nSPS) is 12.0. The van der Waals surface area contributed by atoms with Gasteiger partial charge in [-0.15, -0.1) is 16.4 Å². The number of ether oxygens (including phenoxy) is 1. The van der Waals surface area contributed by atoms with Gasteiger partial charge < -0.3 is 4.74 Å². The first-order valence-electron chi connectivity index (χ1n) is 11.9. The van der Waals surface area contributed by atoms with Gasteiger partial charge in [-0.2, -0.15) is 14.6 Å². The largest absolute Gasteiger partial charge is 0.494 e. The van der Waals surface area contributed by atoms with E-state index in [0.717, 1.165) is 45.1 Å². The van der Waals surface area contributed by atoms with Crippen LogP contribution in [0, 0.1) is 6.92 Å². The summed E-state index contributed by atoms with van der Waals surface area (Å²) < 4.78 is 9.61. The minimum absolute atomic E-state index is 0.186. The van der Waals surface area contributed by atoms with Gasteiger partial charge in [-0.1, -0.05) is 42.5 Å². The lowest BCUT2D eigenvalue weighted by molar-refractivity contribution is 0.317. The van der Waals surface area contributed by atoms with E-state index in [1.807, 2.05) is 89.9 Å². The van der Waals surface area contributed by atoms with Crippen LogP contribution in [0.5, 0.6) is 5.75 Å². The molecule has 2 aromatic carbocycles. The van der Waals surface area contributed by atoms with Crippen molar-refractivity contribution >= 4 is 33.7 Å². The highest BCUT2D eigenvalue weighted by molar-refractivity contribution is 7.15. The maximum absolute atomic E-state index is 13.3. The molecular formula is C28H23N5O2S2. The summed E-state index contributed by atoms with van der Waals surface area (Å²) in [6.45, 7) is 4.81. The predicted molar refractivity (Wildman–Crippen MR) is 149 cm³/mol. The standard InChI is InChI=1S/C28H23N5O2S2/c1-3-13-35-21-11-12-22(18(2)15-21)25-19(17-32(30-25)20-8-5-4-6-9-20)16-24-27(34)33-28(37-24)29-26(31-33)23-10-7-14-36-23/h4-12,14-17H,3,13H2,1-2H3. The summed E-state index contributed by atoms with van der Waals surface area (Å²) in [7, 11) is 0. The molecule has 0 fully saturated rings. The van der Waals surface area contributed by atoms with Gasteiger partial charge in [0.15, 0.2) is 5.82 Å². The summed E-state index contributed by atoms with van der Waals surface area (Å²) >= 11 is 2.88. The van der Waals surface area contributed by atoms with Crippen LogP contribution in [-0.2, 0) is 0 Å². The minimum atomic E-state index is -0.186. The zero-order chi connectivity index (χ0) is 25.4. The molecule has 7 nitrogen and oxygen atoms in total. The molecule has 0 aliphatic rings. The first-order chi connectivity index (χ1) is 18.1. The molecule has 0 aliphatic heterocycles. The molecule has 0 unspecified atom stereocenters. The minimum Gasteiger partial charge on any atom is -0.494 e. The summed E-state index contributed by atoms with van der Waals surface area (Å²) in [5, 5.41) is 11.4. The maximum Gasteiger partial charge on any atom is 0.291 e. The number of nitrogens with zero attached hydrogens (tertiary/aromatic N) is 5. The lowest BCUT2D eigenvalue weighted by Gasteiger charge is -2.09. The van der Waals surface area contributed by atoms with Crippen molar-refractivity contribution in [1.82, 2.24) is 24.4 Å². The fraction of sp³-hybridized carbons (Fsp3) is 0.143. The molecule has 0 saturated carbocycles. The first-order valence-corrected chi connectivity index (χ1v) is 13.6. The Morgan fingerprint density at radius 2 is 1.92 bits per heavy atom. The van der Waals surface area contributed by atoms with Crippen molar-refractivity contribution in [1.29, 1.82) is 0 Å². The van der Waals surface area contributed by atoms with Gasteiger partial charge in [0.2, 0.25) is 4.96 Å². The third-order valence-corrected chi connectivity index (χ3v) is 7.72. The SMILES string of the molecule is CCCOc1ccc(-c2nn(-c3ccccc3)cc2C=c2sc3nc(-c4cccs4)nn3c2=O)c(C)c1. The van der Waals surface area contributed by atoms with Gasteiger partial charge in [-0.05, 0) is 66.8 Å². The predicted octanol–water partition coefficient (Wildman–Crippen LogP) is 5.38. The van der Waals surface area contributed by atoms with Gasteiger partial charge in [0.1, 0.15) is 11.4 Å². The number of thiophene rings is 1. The Kier molecular flexibility index (Phi) is 6.15. The summed E-state index contributed by atoms with van der Waals surface area (Å²) in [6.07, 6.45) is 4.79. The number of aryl methyl sites for hydroxylation is 1. The molecule has 0 radical (unpaired) electrons. The number of hydrogen-bond donors (Lipinski definition) is 0. The van der Waals surface area contributed by atoms with Crippen LogP contribution in [0.15, 0.2) is 77.0 Å². The van der Waals surface area contributed by atoms with E-state index in [1.54, 1.807) is 11.3 Å². The van der Waals surface area contributed by atoms with Crippen molar-refractivity contribution in [3.8, 4) is 33.4 Å². The van der Waals surface area contributed by atoms with E-state index in [9.17, 15) is 4.79 Å². The Morgan fingerprint density at radius 3 is 2.65 bits per heavy atom. The van der Waals surface area contributed by atoms with Crippen molar-refractivity contribution < 1.29 is 4.74 Å². The average molecular weight is 526 g/mol. The molecule has 0 N–H and O–H groups in total. The van der Waals surface area contributed by atoms with Crippen LogP contribution in [0.25, 0.3) is 38.7 Å². The third-order valence-electron chi connectivity index (χ3n) is 5.90. The van der Waals surface area contributed by atoms with E-state index in [1.165, 1.54) is 15.9 Å². The number of para-hydroxylation sites is 1. The van der Waals surface area contributed by atoms with Crippen molar-refractivity contribution in [2.75, 3.05) is 6.61 Å². The monoisotopic (exact) mass is 525 g/mol. The fourth-order valence-corrected chi connectivity index (χ4v) is 5.66. The first kappa shape index (κ1) is 23.3. The van der Waals surface area contributed by atoms with Crippen molar-refractivity contribution in [3.05, 3.63) is 98.3 Å². The molecule has 4 heterocycles. The number of benzene rings is 2. The zero-order valence-electron chi connectivity index (χ0n) is 20.3.